The molecule has 0 amide bonds. The highest BCUT2D eigenvalue weighted by Crippen LogP contribution is 2.31. The second-order valence-electron chi connectivity index (χ2n) is 5.33. The molecule has 2 rings (SSSR count). The molecule has 0 spiro atoms. The summed E-state index contributed by atoms with van der Waals surface area (Å²) in [7, 11) is 5.39. The summed E-state index contributed by atoms with van der Waals surface area (Å²) in [4.78, 5) is 8.55. The SMILES string of the molecule is CNc1ccnc(Nc2ccc(OC)c(OCC[C@@H](C)NC)c2)n1. The van der Waals surface area contributed by atoms with Crippen LogP contribution in [0, 0.1) is 0 Å². The number of ether oxygens (including phenoxy) is 2. The highest BCUT2D eigenvalue weighted by atomic mass is 16.5. The zero-order valence-electron chi connectivity index (χ0n) is 14.6. The molecule has 0 saturated carbocycles. The molecule has 130 valence electrons. The smallest absolute Gasteiger partial charge is 0.229 e. The maximum Gasteiger partial charge on any atom is 0.229 e. The van der Waals surface area contributed by atoms with E-state index in [2.05, 4.69) is 32.8 Å². The molecule has 2 aromatic rings. The van der Waals surface area contributed by atoms with Crippen LogP contribution in [0.4, 0.5) is 17.5 Å². The van der Waals surface area contributed by atoms with Crippen molar-refractivity contribution in [1.29, 1.82) is 0 Å². The van der Waals surface area contributed by atoms with Crippen molar-refractivity contribution in [2.75, 3.05) is 38.4 Å². The van der Waals surface area contributed by atoms with Crippen LogP contribution in [0.3, 0.4) is 0 Å². The third-order valence-electron chi connectivity index (χ3n) is 3.63. The van der Waals surface area contributed by atoms with E-state index in [-0.39, 0.29) is 0 Å². The molecule has 0 aliphatic heterocycles. The first-order valence-corrected chi connectivity index (χ1v) is 7.92. The van der Waals surface area contributed by atoms with Crippen LogP contribution in [0.2, 0.25) is 0 Å². The van der Waals surface area contributed by atoms with Gasteiger partial charge < -0.3 is 25.4 Å². The quantitative estimate of drug-likeness (QED) is 0.652. The van der Waals surface area contributed by atoms with Crippen molar-refractivity contribution in [2.45, 2.75) is 19.4 Å². The fourth-order valence-corrected chi connectivity index (χ4v) is 2.04. The Balaban J connectivity index is 2.09. The molecule has 0 fully saturated rings. The molecule has 3 N–H and O–H groups in total. The van der Waals surface area contributed by atoms with E-state index < -0.39 is 0 Å². The first kappa shape index (κ1) is 17.8. The Morgan fingerprint density at radius 2 is 2.00 bits per heavy atom. The molecule has 0 aliphatic carbocycles. The summed E-state index contributed by atoms with van der Waals surface area (Å²) in [5, 5.41) is 9.34. The number of nitrogens with one attached hydrogen (secondary N) is 3. The van der Waals surface area contributed by atoms with E-state index in [9.17, 15) is 0 Å². The number of hydrogen-bond acceptors (Lipinski definition) is 7. The summed E-state index contributed by atoms with van der Waals surface area (Å²) in [6.45, 7) is 2.72. The second-order valence-corrected chi connectivity index (χ2v) is 5.33. The van der Waals surface area contributed by atoms with Crippen LogP contribution in [-0.4, -0.2) is 43.8 Å². The van der Waals surface area contributed by atoms with Crippen molar-refractivity contribution >= 4 is 17.5 Å². The fourth-order valence-electron chi connectivity index (χ4n) is 2.04. The maximum atomic E-state index is 5.87. The topological polar surface area (TPSA) is 80.3 Å². The Labute approximate surface area is 142 Å². The van der Waals surface area contributed by atoms with Gasteiger partial charge in [0, 0.05) is 31.0 Å². The molecular formula is C17H25N5O2. The van der Waals surface area contributed by atoms with Crippen LogP contribution < -0.4 is 25.4 Å². The predicted octanol–water partition coefficient (Wildman–Crippen LogP) is 2.65. The zero-order chi connectivity index (χ0) is 17.4. The second kappa shape index (κ2) is 8.93. The van der Waals surface area contributed by atoms with Crippen molar-refractivity contribution < 1.29 is 9.47 Å². The molecule has 0 bridgehead atoms. The largest absolute Gasteiger partial charge is 0.493 e. The predicted molar refractivity (Wildman–Crippen MR) is 96.5 cm³/mol. The molecule has 1 heterocycles. The van der Waals surface area contributed by atoms with Gasteiger partial charge in [-0.1, -0.05) is 0 Å². The Morgan fingerprint density at radius 1 is 1.17 bits per heavy atom. The number of aromatic nitrogens is 2. The minimum atomic E-state index is 0.398. The number of nitrogens with zero attached hydrogens (tertiary/aromatic N) is 2. The summed E-state index contributed by atoms with van der Waals surface area (Å²) in [5.74, 6) is 2.65. The van der Waals surface area contributed by atoms with Gasteiger partial charge in [0.15, 0.2) is 11.5 Å². The highest BCUT2D eigenvalue weighted by molar-refractivity contribution is 5.60. The minimum absolute atomic E-state index is 0.398. The van der Waals surface area contributed by atoms with Crippen molar-refractivity contribution in [1.82, 2.24) is 15.3 Å². The highest BCUT2D eigenvalue weighted by Gasteiger charge is 2.08. The number of hydrogen-bond donors (Lipinski definition) is 3. The van der Waals surface area contributed by atoms with E-state index in [1.807, 2.05) is 32.3 Å². The zero-order valence-corrected chi connectivity index (χ0v) is 14.6. The first-order chi connectivity index (χ1) is 11.7. The summed E-state index contributed by atoms with van der Waals surface area (Å²) in [5.41, 5.74) is 0.834. The van der Waals surface area contributed by atoms with Gasteiger partial charge in [-0.05, 0) is 38.6 Å². The summed E-state index contributed by atoms with van der Waals surface area (Å²) in [6.07, 6.45) is 2.60. The van der Waals surface area contributed by atoms with Crippen LogP contribution in [0.1, 0.15) is 13.3 Å². The molecule has 0 radical (unpaired) electrons. The molecule has 7 nitrogen and oxygen atoms in total. The molecule has 0 aliphatic rings. The average Bonchev–Trinajstić information content (AvgIpc) is 2.62. The lowest BCUT2D eigenvalue weighted by Gasteiger charge is -2.15. The van der Waals surface area contributed by atoms with Gasteiger partial charge in [0.25, 0.3) is 0 Å². The third-order valence-corrected chi connectivity index (χ3v) is 3.63. The van der Waals surface area contributed by atoms with Gasteiger partial charge in [-0.3, -0.25) is 0 Å². The molecule has 1 aromatic carbocycles. The van der Waals surface area contributed by atoms with Crippen molar-refractivity contribution in [2.24, 2.45) is 0 Å². The van der Waals surface area contributed by atoms with Crippen molar-refractivity contribution in [3.63, 3.8) is 0 Å². The Kier molecular flexibility index (Phi) is 6.62. The molecule has 24 heavy (non-hydrogen) atoms. The fraction of sp³-hybridized carbons (Fsp3) is 0.412. The van der Waals surface area contributed by atoms with Crippen LogP contribution >= 0.6 is 0 Å². The minimum Gasteiger partial charge on any atom is -0.493 e. The Bertz CT molecular complexity index is 651. The number of benzene rings is 1. The van der Waals surface area contributed by atoms with Gasteiger partial charge in [-0.2, -0.15) is 4.98 Å². The summed E-state index contributed by atoms with van der Waals surface area (Å²) < 4.78 is 11.2. The number of rotatable bonds is 9. The van der Waals surface area contributed by atoms with E-state index in [1.54, 1.807) is 19.4 Å². The maximum absolute atomic E-state index is 5.87. The van der Waals surface area contributed by atoms with Crippen LogP contribution in [0.25, 0.3) is 0 Å². The first-order valence-electron chi connectivity index (χ1n) is 7.92. The molecule has 1 aromatic heterocycles. The average molecular weight is 331 g/mol. The van der Waals surface area contributed by atoms with E-state index in [0.29, 0.717) is 30.1 Å². The van der Waals surface area contributed by atoms with Crippen LogP contribution in [0.15, 0.2) is 30.5 Å². The Hall–Kier alpha value is -2.54. The molecular weight excluding hydrogens is 306 g/mol. The van der Waals surface area contributed by atoms with E-state index in [1.165, 1.54) is 0 Å². The van der Waals surface area contributed by atoms with Gasteiger partial charge >= 0.3 is 0 Å². The van der Waals surface area contributed by atoms with Crippen molar-refractivity contribution in [3.05, 3.63) is 30.5 Å². The molecule has 1 atom stereocenters. The summed E-state index contributed by atoms with van der Waals surface area (Å²) >= 11 is 0. The monoisotopic (exact) mass is 331 g/mol. The molecule has 0 saturated heterocycles. The lowest BCUT2D eigenvalue weighted by atomic mass is 10.2. The third kappa shape index (κ3) is 4.99. The number of methoxy groups -OCH3 is 1. The summed E-state index contributed by atoms with van der Waals surface area (Å²) in [6, 6.07) is 7.85. The standard InChI is InChI=1S/C17H25N5O2/c1-12(18-2)8-10-24-15-11-13(5-6-14(15)23-4)21-17-20-9-7-16(19-3)22-17/h5-7,9,11-12,18H,8,10H2,1-4H3,(H2,19,20,21,22)/t12-/m1/s1. The van der Waals surface area contributed by atoms with Crippen LogP contribution in [-0.2, 0) is 0 Å². The van der Waals surface area contributed by atoms with Crippen molar-refractivity contribution in [3.8, 4) is 11.5 Å². The normalized spacial score (nSPS) is 11.7. The van der Waals surface area contributed by atoms with Gasteiger partial charge in [-0.25, -0.2) is 4.98 Å². The van der Waals surface area contributed by atoms with Gasteiger partial charge in [0.05, 0.1) is 13.7 Å². The van der Waals surface area contributed by atoms with Gasteiger partial charge in [0.1, 0.15) is 5.82 Å². The molecule has 0 unspecified atom stereocenters. The lowest BCUT2D eigenvalue weighted by Crippen LogP contribution is -2.23. The lowest BCUT2D eigenvalue weighted by molar-refractivity contribution is 0.276. The van der Waals surface area contributed by atoms with Gasteiger partial charge in [0.2, 0.25) is 5.95 Å². The number of anilines is 3. The Morgan fingerprint density at radius 3 is 2.71 bits per heavy atom. The van der Waals surface area contributed by atoms with E-state index >= 15 is 0 Å². The van der Waals surface area contributed by atoms with E-state index in [0.717, 1.165) is 17.9 Å². The van der Waals surface area contributed by atoms with Crippen LogP contribution in [0.5, 0.6) is 11.5 Å². The van der Waals surface area contributed by atoms with Gasteiger partial charge in [-0.15, -0.1) is 0 Å². The molecule has 7 heteroatoms. The van der Waals surface area contributed by atoms with E-state index in [4.69, 9.17) is 9.47 Å².